The van der Waals surface area contributed by atoms with Crippen molar-refractivity contribution in [1.29, 1.82) is 0 Å². The summed E-state index contributed by atoms with van der Waals surface area (Å²) in [5, 5.41) is 3.56. The summed E-state index contributed by atoms with van der Waals surface area (Å²) in [5.74, 6) is 0. The lowest BCUT2D eigenvalue weighted by Crippen LogP contribution is -2.30. The molecule has 0 bridgehead atoms. The first kappa shape index (κ1) is 9.61. The van der Waals surface area contributed by atoms with Crippen LogP contribution in [0, 0.1) is 6.07 Å². The van der Waals surface area contributed by atoms with Crippen LogP contribution < -0.4 is 5.32 Å². The van der Waals surface area contributed by atoms with Crippen molar-refractivity contribution in [2.75, 3.05) is 6.54 Å². The van der Waals surface area contributed by atoms with Crippen molar-refractivity contribution in [3.63, 3.8) is 0 Å². The van der Waals surface area contributed by atoms with Gasteiger partial charge in [0.2, 0.25) is 0 Å². The van der Waals surface area contributed by atoms with Crippen LogP contribution in [0.25, 0.3) is 0 Å². The molecule has 1 heterocycles. The zero-order chi connectivity index (χ0) is 10.8. The van der Waals surface area contributed by atoms with E-state index in [1.165, 1.54) is 16.7 Å². The summed E-state index contributed by atoms with van der Waals surface area (Å²) < 4.78 is 0. The van der Waals surface area contributed by atoms with Crippen LogP contribution in [0.1, 0.15) is 22.7 Å². The van der Waals surface area contributed by atoms with E-state index in [0.717, 1.165) is 13.0 Å². The summed E-state index contributed by atoms with van der Waals surface area (Å²) in [7, 11) is 0. The molecule has 0 saturated carbocycles. The van der Waals surface area contributed by atoms with E-state index >= 15 is 0 Å². The Morgan fingerprint density at radius 3 is 2.81 bits per heavy atom. The van der Waals surface area contributed by atoms with E-state index in [-0.39, 0.29) is 0 Å². The molecule has 0 spiro atoms. The Bertz CT molecular complexity index is 476. The van der Waals surface area contributed by atoms with Gasteiger partial charge in [0, 0.05) is 6.54 Å². The van der Waals surface area contributed by atoms with E-state index in [2.05, 4.69) is 47.8 Å². The van der Waals surface area contributed by atoms with Gasteiger partial charge >= 0.3 is 0 Å². The lowest BCUT2D eigenvalue weighted by Gasteiger charge is -2.27. The SMILES string of the molecule is [c]1ccccc1C1NCCc2ccccc21. The van der Waals surface area contributed by atoms with Gasteiger partial charge in [-0.3, -0.25) is 0 Å². The molecule has 0 aromatic heterocycles. The largest absolute Gasteiger partial charge is 0.306 e. The van der Waals surface area contributed by atoms with Crippen LogP contribution in [0.2, 0.25) is 0 Å². The number of hydrogen-bond acceptors (Lipinski definition) is 1. The van der Waals surface area contributed by atoms with Crippen molar-refractivity contribution in [3.8, 4) is 0 Å². The van der Waals surface area contributed by atoms with Crippen molar-refractivity contribution in [1.82, 2.24) is 5.32 Å². The van der Waals surface area contributed by atoms with Gasteiger partial charge in [0.25, 0.3) is 0 Å². The highest BCUT2D eigenvalue weighted by molar-refractivity contribution is 5.38. The third kappa shape index (κ3) is 1.63. The van der Waals surface area contributed by atoms with Crippen molar-refractivity contribution in [3.05, 3.63) is 71.3 Å². The minimum absolute atomic E-state index is 0.311. The second kappa shape index (κ2) is 4.11. The Kier molecular flexibility index (Phi) is 2.47. The highest BCUT2D eigenvalue weighted by Crippen LogP contribution is 2.27. The number of hydrogen-bond donors (Lipinski definition) is 1. The van der Waals surface area contributed by atoms with Crippen molar-refractivity contribution in [2.24, 2.45) is 0 Å². The smallest absolute Gasteiger partial charge is 0.0585 e. The first-order valence-corrected chi connectivity index (χ1v) is 5.73. The number of fused-ring (bicyclic) bond motifs is 1. The molecule has 1 aliphatic heterocycles. The maximum atomic E-state index is 3.56. The molecule has 0 aliphatic carbocycles. The molecule has 1 nitrogen and oxygen atoms in total. The molecule has 3 rings (SSSR count). The van der Waals surface area contributed by atoms with Crippen LogP contribution in [-0.2, 0) is 6.42 Å². The van der Waals surface area contributed by atoms with Gasteiger partial charge in [-0.1, -0.05) is 48.5 Å². The molecule has 1 unspecified atom stereocenters. The van der Waals surface area contributed by atoms with Crippen molar-refractivity contribution < 1.29 is 0 Å². The summed E-state index contributed by atoms with van der Waals surface area (Å²) >= 11 is 0. The lowest BCUT2D eigenvalue weighted by atomic mass is 9.90. The van der Waals surface area contributed by atoms with Gasteiger partial charge in [-0.15, -0.1) is 0 Å². The molecular weight excluding hydrogens is 194 g/mol. The molecular formula is C15H14N. The Morgan fingerprint density at radius 2 is 1.94 bits per heavy atom. The molecule has 79 valence electrons. The van der Waals surface area contributed by atoms with Crippen molar-refractivity contribution in [2.45, 2.75) is 12.5 Å². The van der Waals surface area contributed by atoms with Gasteiger partial charge < -0.3 is 5.32 Å². The van der Waals surface area contributed by atoms with Crippen LogP contribution in [0.3, 0.4) is 0 Å². The predicted molar refractivity (Wildman–Crippen MR) is 65.3 cm³/mol. The maximum absolute atomic E-state index is 3.56. The van der Waals surface area contributed by atoms with E-state index in [1.54, 1.807) is 0 Å². The van der Waals surface area contributed by atoms with E-state index in [0.29, 0.717) is 6.04 Å². The summed E-state index contributed by atoms with van der Waals surface area (Å²) in [6, 6.07) is 20.5. The van der Waals surface area contributed by atoms with E-state index in [4.69, 9.17) is 0 Å². The van der Waals surface area contributed by atoms with Gasteiger partial charge in [-0.25, -0.2) is 0 Å². The third-order valence-electron chi connectivity index (χ3n) is 3.15. The van der Waals surface area contributed by atoms with Crippen molar-refractivity contribution >= 4 is 0 Å². The summed E-state index contributed by atoms with van der Waals surface area (Å²) in [4.78, 5) is 0. The fraction of sp³-hybridized carbons (Fsp3) is 0.200. The highest BCUT2D eigenvalue weighted by atomic mass is 14.9. The average molecular weight is 208 g/mol. The second-order valence-electron chi connectivity index (χ2n) is 4.15. The van der Waals surface area contributed by atoms with Gasteiger partial charge in [-0.2, -0.15) is 0 Å². The van der Waals surface area contributed by atoms with Crippen LogP contribution >= 0.6 is 0 Å². The molecule has 1 heteroatoms. The third-order valence-corrected chi connectivity index (χ3v) is 3.15. The monoisotopic (exact) mass is 208 g/mol. The zero-order valence-corrected chi connectivity index (χ0v) is 9.11. The quantitative estimate of drug-likeness (QED) is 0.759. The molecule has 1 aliphatic rings. The van der Waals surface area contributed by atoms with Gasteiger partial charge in [-0.05, 0) is 29.2 Å². The van der Waals surface area contributed by atoms with Gasteiger partial charge in [0.05, 0.1) is 6.04 Å². The molecule has 2 aromatic rings. The molecule has 1 N–H and O–H groups in total. The molecule has 0 fully saturated rings. The zero-order valence-electron chi connectivity index (χ0n) is 9.11. The first-order valence-electron chi connectivity index (χ1n) is 5.73. The predicted octanol–water partition coefficient (Wildman–Crippen LogP) is 2.72. The second-order valence-corrected chi connectivity index (χ2v) is 4.15. The number of benzene rings is 2. The molecule has 16 heavy (non-hydrogen) atoms. The van der Waals surface area contributed by atoms with Crippen LogP contribution in [-0.4, -0.2) is 6.54 Å². The Labute approximate surface area is 96.1 Å². The minimum Gasteiger partial charge on any atom is -0.306 e. The summed E-state index contributed by atoms with van der Waals surface area (Å²) in [6.45, 7) is 1.05. The first-order chi connectivity index (χ1) is 7.95. The normalized spacial score (nSPS) is 19.1. The van der Waals surface area contributed by atoms with E-state index in [9.17, 15) is 0 Å². The highest BCUT2D eigenvalue weighted by Gasteiger charge is 2.20. The van der Waals surface area contributed by atoms with Gasteiger partial charge in [0.15, 0.2) is 0 Å². The van der Waals surface area contributed by atoms with Crippen LogP contribution in [0.4, 0.5) is 0 Å². The Balaban J connectivity index is 2.05. The summed E-state index contributed by atoms with van der Waals surface area (Å²) in [5.41, 5.74) is 4.09. The number of nitrogens with one attached hydrogen (secondary N) is 1. The average Bonchev–Trinajstić information content (AvgIpc) is 2.39. The molecule has 0 amide bonds. The van der Waals surface area contributed by atoms with Crippen LogP contribution in [0.15, 0.2) is 48.5 Å². The van der Waals surface area contributed by atoms with E-state index < -0.39 is 0 Å². The van der Waals surface area contributed by atoms with Gasteiger partial charge in [0.1, 0.15) is 0 Å². The van der Waals surface area contributed by atoms with E-state index in [1.807, 2.05) is 12.1 Å². The Hall–Kier alpha value is -1.60. The molecule has 0 saturated heterocycles. The standard InChI is InChI=1S/C15H14N/c1-2-7-13(8-3-1)15-14-9-5-4-6-12(14)10-11-16-15/h1-7,9,15-16H,10-11H2. The Morgan fingerprint density at radius 1 is 1.06 bits per heavy atom. The fourth-order valence-corrected chi connectivity index (χ4v) is 2.37. The molecule has 2 aromatic carbocycles. The lowest BCUT2D eigenvalue weighted by molar-refractivity contribution is 0.567. The minimum atomic E-state index is 0.311. The number of rotatable bonds is 1. The maximum Gasteiger partial charge on any atom is 0.0585 e. The molecule has 1 atom stereocenters. The fourth-order valence-electron chi connectivity index (χ4n) is 2.37. The summed E-state index contributed by atoms with van der Waals surface area (Å²) in [6.07, 6.45) is 1.12. The molecule has 1 radical (unpaired) electrons. The topological polar surface area (TPSA) is 12.0 Å². The van der Waals surface area contributed by atoms with Crippen LogP contribution in [0.5, 0.6) is 0 Å².